The van der Waals surface area contributed by atoms with Crippen LogP contribution in [0, 0.1) is 13.8 Å². The molecule has 0 saturated heterocycles. The number of aromatic hydroxyl groups is 2. The maximum absolute atomic E-state index is 11.0. The number of hydrogen-bond acceptors (Lipinski definition) is 2. The van der Waals surface area contributed by atoms with Gasteiger partial charge in [-0.25, -0.2) is 0 Å². The zero-order valence-electron chi connectivity index (χ0n) is 28.9. The molecule has 242 valence electrons. The fraction of sp³-hybridized carbons (Fsp3) is 0.364. The summed E-state index contributed by atoms with van der Waals surface area (Å²) in [4.78, 5) is 0. The van der Waals surface area contributed by atoms with E-state index in [1.807, 2.05) is 24.3 Å². The molecule has 0 atom stereocenters. The lowest BCUT2D eigenvalue weighted by molar-refractivity contribution is 0.468. The number of aryl methyl sites for hydroxylation is 2. The number of hydrogen-bond donors (Lipinski definition) is 2. The third-order valence-electron chi connectivity index (χ3n) is 9.39. The molecule has 0 heterocycles. The van der Waals surface area contributed by atoms with Crippen LogP contribution in [0.2, 0.25) is 0 Å². The Bertz CT molecular complexity index is 1540. The number of unbranched alkanes of at least 4 members (excludes halogenated alkanes) is 2. The van der Waals surface area contributed by atoms with E-state index in [1.54, 1.807) is 0 Å². The van der Waals surface area contributed by atoms with Crippen LogP contribution >= 0.6 is 0 Å². The Kier molecular flexibility index (Phi) is 12.5. The Labute approximate surface area is 278 Å². The standard InChI is InChI=1S/C44H54O2/c1-8-13-18-33-35(24-26-43(45)39(33)16-11-4)37-22-20-30(6)28-41(37)32(15-10-3)42-29-31(7)21-23-38(42)36-25-27-44(46)40(17-12-5)34(36)19-14-9-2/h11-12,20-29,32,45-46H,4-5,8-10,13-19H2,1-3,6-7H3. The van der Waals surface area contributed by atoms with E-state index in [4.69, 9.17) is 0 Å². The molecular formula is C44H54O2. The van der Waals surface area contributed by atoms with E-state index >= 15 is 0 Å². The molecule has 0 aromatic heterocycles. The third-order valence-corrected chi connectivity index (χ3v) is 9.39. The molecule has 0 unspecified atom stereocenters. The van der Waals surface area contributed by atoms with Crippen molar-refractivity contribution in [2.24, 2.45) is 0 Å². The van der Waals surface area contributed by atoms with Crippen molar-refractivity contribution in [1.82, 2.24) is 0 Å². The SMILES string of the molecule is C=CCc1c(O)ccc(-c2ccc(C)cc2C(CCC)c2cc(C)ccc2-c2ccc(O)c(CC=C)c2CCCC)c1CCCC. The second-order valence-electron chi connectivity index (χ2n) is 12.9. The van der Waals surface area contributed by atoms with Crippen molar-refractivity contribution in [3.63, 3.8) is 0 Å². The molecule has 0 fully saturated rings. The maximum atomic E-state index is 11.0. The highest BCUT2D eigenvalue weighted by atomic mass is 16.3. The first-order valence-corrected chi connectivity index (χ1v) is 17.4. The monoisotopic (exact) mass is 614 g/mol. The second kappa shape index (κ2) is 16.5. The molecule has 0 bridgehead atoms. The molecule has 0 aliphatic carbocycles. The predicted molar refractivity (Wildman–Crippen MR) is 198 cm³/mol. The molecule has 2 heteroatoms. The largest absolute Gasteiger partial charge is 0.508 e. The Morgan fingerprint density at radius 3 is 1.35 bits per heavy atom. The molecule has 0 aliphatic rings. The Balaban J connectivity index is 2.03. The van der Waals surface area contributed by atoms with Gasteiger partial charge in [-0.15, -0.1) is 13.2 Å². The van der Waals surface area contributed by atoms with Crippen LogP contribution in [0.1, 0.15) is 110 Å². The van der Waals surface area contributed by atoms with Crippen LogP contribution < -0.4 is 0 Å². The Hall–Kier alpha value is -4.04. The van der Waals surface area contributed by atoms with Crippen LogP contribution in [-0.2, 0) is 25.7 Å². The van der Waals surface area contributed by atoms with Gasteiger partial charge in [0.1, 0.15) is 11.5 Å². The molecule has 4 aromatic rings. The van der Waals surface area contributed by atoms with E-state index in [0.717, 1.165) is 62.5 Å². The minimum absolute atomic E-state index is 0.168. The number of phenolic OH excluding ortho intramolecular Hbond substituents is 2. The zero-order chi connectivity index (χ0) is 33.2. The number of allylic oxidation sites excluding steroid dienone is 2. The molecule has 0 radical (unpaired) electrons. The van der Waals surface area contributed by atoms with Gasteiger partial charge in [-0.3, -0.25) is 0 Å². The first kappa shape index (κ1) is 34.8. The molecule has 0 amide bonds. The summed E-state index contributed by atoms with van der Waals surface area (Å²) in [6.45, 7) is 19.1. The average Bonchev–Trinajstić information content (AvgIpc) is 3.04. The summed E-state index contributed by atoms with van der Waals surface area (Å²) in [5.41, 5.74) is 14.6. The Morgan fingerprint density at radius 2 is 0.978 bits per heavy atom. The van der Waals surface area contributed by atoms with Gasteiger partial charge in [-0.05, 0) is 115 Å². The molecule has 4 aromatic carbocycles. The van der Waals surface area contributed by atoms with Gasteiger partial charge in [-0.1, -0.05) is 112 Å². The van der Waals surface area contributed by atoms with Crippen LogP contribution in [0.15, 0.2) is 86.0 Å². The van der Waals surface area contributed by atoms with E-state index in [1.165, 1.54) is 55.6 Å². The predicted octanol–water partition coefficient (Wildman–Crippen LogP) is 12.1. The summed E-state index contributed by atoms with van der Waals surface area (Å²) in [6.07, 6.45) is 13.3. The molecule has 2 N–H and O–H groups in total. The highest BCUT2D eigenvalue weighted by Gasteiger charge is 2.25. The number of rotatable bonds is 16. The molecule has 46 heavy (non-hydrogen) atoms. The lowest BCUT2D eigenvalue weighted by Crippen LogP contribution is -2.09. The van der Waals surface area contributed by atoms with Gasteiger partial charge in [0.05, 0.1) is 0 Å². The molecule has 2 nitrogen and oxygen atoms in total. The second-order valence-corrected chi connectivity index (χ2v) is 12.9. The van der Waals surface area contributed by atoms with Crippen LogP contribution in [-0.4, -0.2) is 10.2 Å². The number of phenols is 2. The van der Waals surface area contributed by atoms with Gasteiger partial charge < -0.3 is 10.2 Å². The van der Waals surface area contributed by atoms with E-state index in [2.05, 4.69) is 96.3 Å². The van der Waals surface area contributed by atoms with E-state index < -0.39 is 0 Å². The fourth-order valence-electron chi connectivity index (χ4n) is 7.09. The van der Waals surface area contributed by atoms with Crippen molar-refractivity contribution in [2.45, 2.75) is 105 Å². The van der Waals surface area contributed by atoms with E-state index in [0.29, 0.717) is 24.3 Å². The smallest absolute Gasteiger partial charge is 0.119 e. The van der Waals surface area contributed by atoms with Crippen molar-refractivity contribution in [2.75, 3.05) is 0 Å². The van der Waals surface area contributed by atoms with E-state index in [-0.39, 0.29) is 5.92 Å². The first-order valence-electron chi connectivity index (χ1n) is 17.4. The van der Waals surface area contributed by atoms with Crippen molar-refractivity contribution in [1.29, 1.82) is 0 Å². The highest BCUT2D eigenvalue weighted by Crippen LogP contribution is 2.45. The minimum Gasteiger partial charge on any atom is -0.508 e. The van der Waals surface area contributed by atoms with Crippen LogP contribution in [0.3, 0.4) is 0 Å². The average molecular weight is 615 g/mol. The molecule has 4 rings (SSSR count). The van der Waals surface area contributed by atoms with Crippen molar-refractivity contribution in [3.8, 4) is 33.8 Å². The summed E-state index contributed by atoms with van der Waals surface area (Å²) in [5.74, 6) is 0.884. The first-order chi connectivity index (χ1) is 22.3. The molecule has 0 aliphatic heterocycles. The summed E-state index contributed by atoms with van der Waals surface area (Å²) < 4.78 is 0. The minimum atomic E-state index is 0.168. The van der Waals surface area contributed by atoms with Gasteiger partial charge in [-0.2, -0.15) is 0 Å². The lowest BCUT2D eigenvalue weighted by atomic mass is 9.77. The summed E-state index contributed by atoms with van der Waals surface area (Å²) in [7, 11) is 0. The normalized spacial score (nSPS) is 11.3. The quantitative estimate of drug-likeness (QED) is 0.123. The maximum Gasteiger partial charge on any atom is 0.119 e. The van der Waals surface area contributed by atoms with Gasteiger partial charge in [0.15, 0.2) is 0 Å². The summed E-state index contributed by atoms with van der Waals surface area (Å²) in [6, 6.07) is 21.9. The van der Waals surface area contributed by atoms with Gasteiger partial charge in [0.2, 0.25) is 0 Å². The summed E-state index contributed by atoms with van der Waals surface area (Å²) >= 11 is 0. The number of benzene rings is 4. The molecule has 0 saturated carbocycles. The fourth-order valence-corrected chi connectivity index (χ4v) is 7.09. The third kappa shape index (κ3) is 7.66. The topological polar surface area (TPSA) is 40.5 Å². The molecular weight excluding hydrogens is 560 g/mol. The van der Waals surface area contributed by atoms with E-state index in [9.17, 15) is 10.2 Å². The summed E-state index contributed by atoms with van der Waals surface area (Å²) in [5, 5.41) is 21.9. The van der Waals surface area contributed by atoms with Gasteiger partial charge >= 0.3 is 0 Å². The zero-order valence-corrected chi connectivity index (χ0v) is 28.9. The van der Waals surface area contributed by atoms with Crippen LogP contribution in [0.4, 0.5) is 0 Å². The van der Waals surface area contributed by atoms with Crippen molar-refractivity contribution < 1.29 is 10.2 Å². The van der Waals surface area contributed by atoms with Crippen molar-refractivity contribution >= 4 is 0 Å². The van der Waals surface area contributed by atoms with Gasteiger partial charge in [0, 0.05) is 17.0 Å². The Morgan fingerprint density at radius 1 is 0.565 bits per heavy atom. The molecule has 0 spiro atoms. The van der Waals surface area contributed by atoms with Crippen LogP contribution in [0.5, 0.6) is 11.5 Å². The van der Waals surface area contributed by atoms with Crippen LogP contribution in [0.25, 0.3) is 22.3 Å². The van der Waals surface area contributed by atoms with Crippen molar-refractivity contribution in [3.05, 3.63) is 130 Å². The lowest BCUT2D eigenvalue weighted by Gasteiger charge is -2.27. The highest BCUT2D eigenvalue weighted by molar-refractivity contribution is 5.79. The van der Waals surface area contributed by atoms with Gasteiger partial charge in [0.25, 0.3) is 0 Å².